The van der Waals surface area contributed by atoms with Gasteiger partial charge in [-0.05, 0) is 12.8 Å². The van der Waals surface area contributed by atoms with E-state index < -0.39 is 18.6 Å². The topological polar surface area (TPSA) is 37.3 Å². The van der Waals surface area contributed by atoms with Gasteiger partial charge in [-0.1, -0.05) is 6.92 Å². The molecule has 1 atom stereocenters. The van der Waals surface area contributed by atoms with Crippen LogP contribution in [0, 0.1) is 5.92 Å². The maximum absolute atomic E-state index is 11.4. The highest BCUT2D eigenvalue weighted by Crippen LogP contribution is 2.04. The molecule has 3 heteroatoms. The molecule has 0 fully saturated rings. The van der Waals surface area contributed by atoms with Gasteiger partial charge < -0.3 is 5.11 Å². The second-order valence-electron chi connectivity index (χ2n) is 2.07. The fraction of sp³-hybridized carbons (Fsp3) is 0.833. The van der Waals surface area contributed by atoms with E-state index in [0.717, 1.165) is 0 Å². The Morgan fingerprint density at radius 3 is 2.67 bits per heavy atom. The van der Waals surface area contributed by atoms with E-state index in [0.29, 0.717) is 12.8 Å². The summed E-state index contributed by atoms with van der Waals surface area (Å²) in [6, 6.07) is 0. The third-order valence-electron chi connectivity index (χ3n) is 1.19. The van der Waals surface area contributed by atoms with Gasteiger partial charge in [0.05, 0.1) is 12.6 Å². The molecule has 0 aliphatic heterocycles. The number of carboxylic acids is 1. The van der Waals surface area contributed by atoms with E-state index in [-0.39, 0.29) is 0 Å². The number of hydrogen-bond acceptors (Lipinski definition) is 1. The molecule has 0 aliphatic rings. The molecular weight excluding hydrogens is 123 g/mol. The normalized spacial score (nSPS) is 13.1. The van der Waals surface area contributed by atoms with Crippen molar-refractivity contribution in [3.05, 3.63) is 0 Å². The van der Waals surface area contributed by atoms with E-state index in [4.69, 9.17) is 5.11 Å². The van der Waals surface area contributed by atoms with Crippen molar-refractivity contribution < 1.29 is 14.3 Å². The minimum atomic E-state index is -0.844. The maximum Gasteiger partial charge on any atom is 0.306 e. The van der Waals surface area contributed by atoms with Gasteiger partial charge >= 0.3 is 5.97 Å². The first-order chi connectivity index (χ1) is 4.18. The van der Waals surface area contributed by atoms with Crippen LogP contribution in [0.5, 0.6) is 0 Å². The Hall–Kier alpha value is -0.600. The molecule has 0 saturated heterocycles. The summed E-state index contributed by atoms with van der Waals surface area (Å²) in [6.07, 6.45) is 0.791. The Morgan fingerprint density at radius 1 is 1.78 bits per heavy atom. The van der Waals surface area contributed by atoms with Crippen molar-refractivity contribution >= 4 is 5.97 Å². The first-order valence-corrected chi connectivity index (χ1v) is 2.97. The van der Waals surface area contributed by atoms with E-state index in [1.165, 1.54) is 0 Å². The highest BCUT2D eigenvalue weighted by Gasteiger charge is 2.08. The van der Waals surface area contributed by atoms with Crippen molar-refractivity contribution in [1.29, 1.82) is 0 Å². The minimum Gasteiger partial charge on any atom is -0.481 e. The van der Waals surface area contributed by atoms with Crippen LogP contribution in [0.1, 0.15) is 19.8 Å². The van der Waals surface area contributed by atoms with Crippen LogP contribution < -0.4 is 0 Å². The monoisotopic (exact) mass is 134 g/mol. The number of rotatable bonds is 4. The Bertz CT molecular complexity index is 93.1. The molecule has 0 aromatic carbocycles. The molecule has 0 saturated carbocycles. The molecule has 0 aliphatic carbocycles. The molecule has 0 heterocycles. The summed E-state index contributed by atoms with van der Waals surface area (Å²) in [5, 5.41) is 8.29. The Kier molecular flexibility index (Phi) is 4.01. The predicted molar refractivity (Wildman–Crippen MR) is 32.0 cm³/mol. The number of carboxylic acid groups (broad SMARTS) is 1. The van der Waals surface area contributed by atoms with Crippen LogP contribution in [-0.4, -0.2) is 17.8 Å². The summed E-state index contributed by atoms with van der Waals surface area (Å²) in [4.78, 5) is 10.1. The molecule has 0 spiro atoms. The van der Waals surface area contributed by atoms with Crippen LogP contribution in [0.4, 0.5) is 4.39 Å². The van der Waals surface area contributed by atoms with Crippen LogP contribution in [0.2, 0.25) is 0 Å². The average Bonchev–Trinajstić information content (AvgIpc) is 1.82. The largest absolute Gasteiger partial charge is 0.481 e. The molecule has 2 nitrogen and oxygen atoms in total. The molecule has 0 rings (SSSR count). The predicted octanol–water partition coefficient (Wildman–Crippen LogP) is 1.46. The highest BCUT2D eigenvalue weighted by molar-refractivity contribution is 5.69. The van der Waals surface area contributed by atoms with Gasteiger partial charge in [0.1, 0.15) is 0 Å². The fourth-order valence-electron chi connectivity index (χ4n) is 0.507. The molecule has 0 amide bonds. The summed E-state index contributed by atoms with van der Waals surface area (Å²) >= 11 is 0. The van der Waals surface area contributed by atoms with Crippen LogP contribution in [0.3, 0.4) is 0 Å². The maximum atomic E-state index is 11.4. The average molecular weight is 134 g/mol. The quantitative estimate of drug-likeness (QED) is 0.632. The van der Waals surface area contributed by atoms with Crippen molar-refractivity contribution in [3.63, 3.8) is 0 Å². The summed E-state index contributed by atoms with van der Waals surface area (Å²) in [5.41, 5.74) is 0. The summed E-state index contributed by atoms with van der Waals surface area (Å²) in [7, 11) is 0. The van der Waals surface area contributed by atoms with Gasteiger partial charge in [-0.2, -0.15) is 0 Å². The summed E-state index contributed by atoms with van der Waals surface area (Å²) in [5.74, 6) is -1.25. The van der Waals surface area contributed by atoms with Gasteiger partial charge in [-0.3, -0.25) is 9.18 Å². The van der Waals surface area contributed by atoms with Crippen LogP contribution in [0.15, 0.2) is 0 Å². The van der Waals surface area contributed by atoms with E-state index in [1.54, 1.807) is 6.92 Å². The first-order valence-electron chi connectivity index (χ1n) is 2.97. The third kappa shape index (κ3) is 3.94. The standard InChI is InChI=1S/C6H11FO2/c1-5(6(8)9)3-2-4-7/h5H,2-4H2,1H3,(H,8,9). The lowest BCUT2D eigenvalue weighted by Gasteiger charge is -2.01. The van der Waals surface area contributed by atoms with Gasteiger partial charge in [0, 0.05) is 0 Å². The second kappa shape index (κ2) is 4.30. The van der Waals surface area contributed by atoms with Gasteiger partial charge in [0.25, 0.3) is 0 Å². The molecule has 0 aromatic heterocycles. The lowest BCUT2D eigenvalue weighted by atomic mass is 10.1. The van der Waals surface area contributed by atoms with Crippen molar-refractivity contribution in [2.24, 2.45) is 5.92 Å². The summed E-state index contributed by atoms with van der Waals surface area (Å²) < 4.78 is 11.4. The zero-order valence-corrected chi connectivity index (χ0v) is 5.43. The van der Waals surface area contributed by atoms with Gasteiger partial charge in [0.15, 0.2) is 0 Å². The SMILES string of the molecule is CC(CCCF)C(=O)O. The van der Waals surface area contributed by atoms with E-state index in [9.17, 15) is 9.18 Å². The Labute approximate surface area is 53.7 Å². The molecular formula is C6H11FO2. The zero-order valence-electron chi connectivity index (χ0n) is 5.43. The van der Waals surface area contributed by atoms with E-state index in [2.05, 4.69) is 0 Å². The van der Waals surface area contributed by atoms with Crippen LogP contribution >= 0.6 is 0 Å². The van der Waals surface area contributed by atoms with E-state index in [1.807, 2.05) is 0 Å². The van der Waals surface area contributed by atoms with Crippen LogP contribution in [-0.2, 0) is 4.79 Å². The zero-order chi connectivity index (χ0) is 7.28. The van der Waals surface area contributed by atoms with Crippen molar-refractivity contribution in [3.8, 4) is 0 Å². The second-order valence-corrected chi connectivity index (χ2v) is 2.07. The minimum absolute atomic E-state index is 0.355. The number of alkyl halides is 1. The third-order valence-corrected chi connectivity index (χ3v) is 1.19. The lowest BCUT2D eigenvalue weighted by molar-refractivity contribution is -0.141. The highest BCUT2D eigenvalue weighted by atomic mass is 19.1. The van der Waals surface area contributed by atoms with Gasteiger partial charge in [-0.15, -0.1) is 0 Å². The number of carbonyl (C=O) groups is 1. The number of halogens is 1. The molecule has 1 N–H and O–H groups in total. The molecule has 1 unspecified atom stereocenters. The molecule has 0 aromatic rings. The van der Waals surface area contributed by atoms with E-state index >= 15 is 0 Å². The smallest absolute Gasteiger partial charge is 0.306 e. The Balaban J connectivity index is 3.27. The lowest BCUT2D eigenvalue weighted by Crippen LogP contribution is -2.08. The molecule has 0 bridgehead atoms. The van der Waals surface area contributed by atoms with Crippen molar-refractivity contribution in [2.75, 3.05) is 6.67 Å². The Morgan fingerprint density at radius 2 is 2.33 bits per heavy atom. The molecule has 9 heavy (non-hydrogen) atoms. The van der Waals surface area contributed by atoms with Gasteiger partial charge in [0.2, 0.25) is 0 Å². The number of hydrogen-bond donors (Lipinski definition) is 1. The van der Waals surface area contributed by atoms with Gasteiger partial charge in [-0.25, -0.2) is 0 Å². The summed E-state index contributed by atoms with van der Waals surface area (Å²) in [6.45, 7) is 1.16. The first kappa shape index (κ1) is 8.40. The van der Waals surface area contributed by atoms with Crippen LogP contribution in [0.25, 0.3) is 0 Å². The number of aliphatic carboxylic acids is 1. The van der Waals surface area contributed by atoms with Crippen molar-refractivity contribution in [1.82, 2.24) is 0 Å². The molecule has 0 radical (unpaired) electrons. The fourth-order valence-corrected chi connectivity index (χ4v) is 0.507. The molecule has 54 valence electrons. The van der Waals surface area contributed by atoms with Crippen molar-refractivity contribution in [2.45, 2.75) is 19.8 Å².